The number of amides is 2. The molecule has 7 nitrogen and oxygen atoms in total. The van der Waals surface area contributed by atoms with Gasteiger partial charge >= 0.3 is 6.18 Å². The highest BCUT2D eigenvalue weighted by atomic mass is 19.4. The molecule has 0 bridgehead atoms. The van der Waals surface area contributed by atoms with Crippen LogP contribution < -0.4 is 16.5 Å². The van der Waals surface area contributed by atoms with Crippen LogP contribution in [0, 0.1) is 23.7 Å². The Kier molecular flexibility index (Phi) is 7.50. The van der Waals surface area contributed by atoms with Gasteiger partial charge in [-0.05, 0) is 67.3 Å². The number of carbonyl (C=O) groups excluding carboxylic acids is 2. The molecule has 0 saturated carbocycles. The number of anilines is 1. The highest BCUT2D eigenvalue weighted by molar-refractivity contribution is 5.97. The SMILES string of the molecule is CC(O)(C(NC(=O)c1ccc(C#CC#Cc2ccc(N)cc2)cc1)C(=O)NO)C(F)(F)F. The van der Waals surface area contributed by atoms with Crippen LogP contribution in [0.4, 0.5) is 18.9 Å². The first-order valence-corrected chi connectivity index (χ1v) is 8.97. The Morgan fingerprint density at radius 2 is 1.44 bits per heavy atom. The first kappa shape index (κ1) is 24.3. The fourth-order valence-corrected chi connectivity index (χ4v) is 2.38. The van der Waals surface area contributed by atoms with Crippen LogP contribution >= 0.6 is 0 Å². The quantitative estimate of drug-likeness (QED) is 0.212. The van der Waals surface area contributed by atoms with Crippen molar-refractivity contribution in [3.8, 4) is 23.7 Å². The number of hydroxylamine groups is 1. The molecular formula is C22H18F3N3O4. The number of nitrogens with two attached hydrogens (primary N) is 1. The average Bonchev–Trinajstić information content (AvgIpc) is 2.75. The highest BCUT2D eigenvalue weighted by Crippen LogP contribution is 2.33. The van der Waals surface area contributed by atoms with Gasteiger partial charge in [-0.25, -0.2) is 5.48 Å². The highest BCUT2D eigenvalue weighted by Gasteiger charge is 2.58. The van der Waals surface area contributed by atoms with Gasteiger partial charge in [0.05, 0.1) is 0 Å². The number of alkyl halides is 3. The molecule has 2 rings (SSSR count). The Morgan fingerprint density at radius 1 is 0.969 bits per heavy atom. The normalized spacial score (nSPS) is 13.3. The standard InChI is InChI=1S/C22H18F3N3O4/c1-21(31,22(23,24)25)18(20(30)28-32)27-19(29)16-10-6-14(7-11-16)4-2-3-5-15-8-12-17(26)13-9-15/h6-13,18,31-32H,26H2,1H3,(H,27,29)(H,28,30). The number of hydrogen-bond donors (Lipinski definition) is 5. The molecule has 0 aliphatic carbocycles. The zero-order valence-corrected chi connectivity index (χ0v) is 16.6. The molecular weight excluding hydrogens is 427 g/mol. The topological polar surface area (TPSA) is 125 Å². The van der Waals surface area contributed by atoms with E-state index < -0.39 is 29.6 Å². The van der Waals surface area contributed by atoms with Crippen LogP contribution in [0.1, 0.15) is 28.4 Å². The minimum Gasteiger partial charge on any atom is -0.399 e. The van der Waals surface area contributed by atoms with Crippen LogP contribution in [-0.4, -0.2) is 39.9 Å². The summed E-state index contributed by atoms with van der Waals surface area (Å²) in [5.41, 5.74) is 4.65. The Bertz CT molecular complexity index is 1100. The van der Waals surface area contributed by atoms with Gasteiger partial charge in [0.1, 0.15) is 6.04 Å². The van der Waals surface area contributed by atoms with E-state index in [0.717, 1.165) is 11.0 Å². The van der Waals surface area contributed by atoms with Crippen molar-refractivity contribution < 1.29 is 33.1 Å². The molecule has 6 N–H and O–H groups in total. The van der Waals surface area contributed by atoms with E-state index in [-0.39, 0.29) is 5.56 Å². The molecule has 0 heterocycles. The van der Waals surface area contributed by atoms with Crippen LogP contribution in [0.2, 0.25) is 0 Å². The lowest BCUT2D eigenvalue weighted by Gasteiger charge is -2.33. The van der Waals surface area contributed by atoms with Crippen molar-refractivity contribution in [3.05, 3.63) is 65.2 Å². The fourth-order valence-electron chi connectivity index (χ4n) is 2.38. The molecule has 0 aliphatic heterocycles. The van der Waals surface area contributed by atoms with E-state index in [2.05, 4.69) is 23.7 Å². The summed E-state index contributed by atoms with van der Waals surface area (Å²) in [6.45, 7) is 0.303. The molecule has 0 radical (unpaired) electrons. The number of nitrogens with one attached hydrogen (secondary N) is 2. The number of hydrogen-bond acceptors (Lipinski definition) is 5. The molecule has 2 atom stereocenters. The molecule has 32 heavy (non-hydrogen) atoms. The lowest BCUT2D eigenvalue weighted by atomic mass is 9.94. The minimum absolute atomic E-state index is 0.0998. The average molecular weight is 445 g/mol. The van der Waals surface area contributed by atoms with Crippen molar-refractivity contribution >= 4 is 17.5 Å². The summed E-state index contributed by atoms with van der Waals surface area (Å²) in [4.78, 5) is 23.9. The van der Waals surface area contributed by atoms with Crippen molar-refractivity contribution in [3.63, 3.8) is 0 Å². The Hall–Kier alpha value is -3.99. The summed E-state index contributed by atoms with van der Waals surface area (Å²) in [7, 11) is 0. The van der Waals surface area contributed by atoms with Gasteiger partial charge in [0, 0.05) is 22.4 Å². The molecule has 0 aromatic heterocycles. The first-order valence-electron chi connectivity index (χ1n) is 8.97. The zero-order chi connectivity index (χ0) is 23.9. The number of nitrogen functional groups attached to an aromatic ring is 1. The van der Waals surface area contributed by atoms with Crippen molar-refractivity contribution in [1.82, 2.24) is 10.8 Å². The second-order valence-electron chi connectivity index (χ2n) is 6.73. The molecule has 2 amide bonds. The smallest absolute Gasteiger partial charge is 0.399 e. The first-order chi connectivity index (χ1) is 15.0. The lowest BCUT2D eigenvalue weighted by molar-refractivity contribution is -0.260. The third-order valence-electron chi connectivity index (χ3n) is 4.32. The second kappa shape index (κ2) is 9.88. The summed E-state index contributed by atoms with van der Waals surface area (Å²) < 4.78 is 39.2. The van der Waals surface area contributed by atoms with E-state index in [9.17, 15) is 27.9 Å². The van der Waals surface area contributed by atoms with E-state index >= 15 is 0 Å². The van der Waals surface area contributed by atoms with Crippen molar-refractivity contribution in [2.24, 2.45) is 0 Å². The summed E-state index contributed by atoms with van der Waals surface area (Å²) in [5, 5.41) is 20.2. The predicted octanol–water partition coefficient (Wildman–Crippen LogP) is 1.59. The number of benzene rings is 2. The van der Waals surface area contributed by atoms with E-state index in [1.54, 1.807) is 29.6 Å². The number of rotatable bonds is 4. The van der Waals surface area contributed by atoms with Crippen molar-refractivity contribution in [2.45, 2.75) is 24.7 Å². The molecule has 2 aromatic carbocycles. The number of carbonyl (C=O) groups is 2. The van der Waals surface area contributed by atoms with Gasteiger partial charge in [-0.3, -0.25) is 14.8 Å². The lowest BCUT2D eigenvalue weighted by Crippen LogP contribution is -2.64. The molecule has 2 unspecified atom stereocenters. The third-order valence-corrected chi connectivity index (χ3v) is 4.32. The van der Waals surface area contributed by atoms with Gasteiger partial charge in [0.2, 0.25) is 0 Å². The Balaban J connectivity index is 2.13. The van der Waals surface area contributed by atoms with Gasteiger partial charge in [0.25, 0.3) is 11.8 Å². The second-order valence-corrected chi connectivity index (χ2v) is 6.73. The molecule has 0 saturated heterocycles. The Labute approximate surface area is 181 Å². The van der Waals surface area contributed by atoms with Gasteiger partial charge in [0.15, 0.2) is 5.60 Å². The Morgan fingerprint density at radius 3 is 1.88 bits per heavy atom. The fraction of sp³-hybridized carbons (Fsp3) is 0.182. The monoisotopic (exact) mass is 445 g/mol. The van der Waals surface area contributed by atoms with Crippen LogP contribution in [0.15, 0.2) is 48.5 Å². The molecule has 2 aromatic rings. The zero-order valence-electron chi connectivity index (χ0n) is 16.6. The summed E-state index contributed by atoms with van der Waals surface area (Å²) in [6, 6.07) is 9.75. The third kappa shape index (κ3) is 6.01. The van der Waals surface area contributed by atoms with E-state index in [4.69, 9.17) is 10.9 Å². The summed E-state index contributed by atoms with van der Waals surface area (Å²) in [6.07, 6.45) is -5.26. The molecule has 166 valence electrons. The van der Waals surface area contributed by atoms with Crippen LogP contribution in [0.3, 0.4) is 0 Å². The van der Waals surface area contributed by atoms with Crippen LogP contribution in [-0.2, 0) is 4.79 Å². The van der Waals surface area contributed by atoms with E-state index in [0.29, 0.717) is 18.2 Å². The maximum absolute atomic E-state index is 13.1. The van der Waals surface area contributed by atoms with Crippen molar-refractivity contribution in [1.29, 1.82) is 0 Å². The maximum Gasteiger partial charge on any atom is 0.419 e. The predicted molar refractivity (Wildman–Crippen MR) is 109 cm³/mol. The largest absolute Gasteiger partial charge is 0.419 e. The molecule has 10 heteroatoms. The molecule has 0 fully saturated rings. The van der Waals surface area contributed by atoms with E-state index in [1.807, 2.05) is 0 Å². The molecule has 0 aliphatic rings. The van der Waals surface area contributed by atoms with Gasteiger partial charge in [-0.1, -0.05) is 11.8 Å². The number of halogens is 3. The molecule has 0 spiro atoms. The summed E-state index contributed by atoms with van der Waals surface area (Å²) >= 11 is 0. The van der Waals surface area contributed by atoms with Gasteiger partial charge < -0.3 is 16.2 Å². The summed E-state index contributed by atoms with van der Waals surface area (Å²) in [5.74, 6) is 8.12. The van der Waals surface area contributed by atoms with Crippen LogP contribution in [0.5, 0.6) is 0 Å². The maximum atomic E-state index is 13.1. The minimum atomic E-state index is -5.26. The van der Waals surface area contributed by atoms with Gasteiger partial charge in [-0.15, -0.1) is 0 Å². The van der Waals surface area contributed by atoms with E-state index in [1.165, 1.54) is 24.3 Å². The number of aliphatic hydroxyl groups is 1. The van der Waals surface area contributed by atoms with Crippen LogP contribution in [0.25, 0.3) is 0 Å². The van der Waals surface area contributed by atoms with Crippen molar-refractivity contribution in [2.75, 3.05) is 5.73 Å². The van der Waals surface area contributed by atoms with Gasteiger partial charge in [-0.2, -0.15) is 13.2 Å².